The molecule has 1 fully saturated rings. The van der Waals surface area contributed by atoms with Crippen molar-refractivity contribution in [3.8, 4) is 0 Å². The van der Waals surface area contributed by atoms with Crippen LogP contribution in [0.5, 0.6) is 0 Å². The minimum Gasteiger partial charge on any atom is -0.467 e. The highest BCUT2D eigenvalue weighted by Gasteiger charge is 2.24. The Bertz CT molecular complexity index is 425. The van der Waals surface area contributed by atoms with Crippen LogP contribution in [0.2, 0.25) is 0 Å². The highest BCUT2D eigenvalue weighted by molar-refractivity contribution is 5.74. The van der Waals surface area contributed by atoms with E-state index in [4.69, 9.17) is 9.15 Å². The Hall–Kier alpha value is -1.53. The van der Waals surface area contributed by atoms with Crippen molar-refractivity contribution in [3.63, 3.8) is 0 Å². The van der Waals surface area contributed by atoms with Gasteiger partial charge < -0.3 is 24.5 Å². The molecule has 6 heteroatoms. The molecule has 1 saturated heterocycles. The van der Waals surface area contributed by atoms with Crippen molar-refractivity contribution >= 4 is 6.03 Å². The number of piperidine rings is 1. The van der Waals surface area contributed by atoms with Crippen molar-refractivity contribution in [1.29, 1.82) is 0 Å². The lowest BCUT2D eigenvalue weighted by atomic mass is 9.92. The Labute approximate surface area is 131 Å². The Morgan fingerprint density at radius 2 is 2.32 bits per heavy atom. The van der Waals surface area contributed by atoms with Crippen molar-refractivity contribution in [3.05, 3.63) is 24.2 Å². The van der Waals surface area contributed by atoms with Crippen molar-refractivity contribution in [1.82, 2.24) is 10.2 Å². The first-order valence-corrected chi connectivity index (χ1v) is 7.98. The third kappa shape index (κ3) is 5.35. The van der Waals surface area contributed by atoms with E-state index in [0.717, 1.165) is 38.1 Å². The molecule has 1 aromatic rings. The van der Waals surface area contributed by atoms with Crippen molar-refractivity contribution in [2.24, 2.45) is 5.92 Å². The lowest BCUT2D eigenvalue weighted by molar-refractivity contribution is 0.0792. The molecule has 1 aliphatic rings. The van der Waals surface area contributed by atoms with Gasteiger partial charge in [-0.3, -0.25) is 0 Å². The summed E-state index contributed by atoms with van der Waals surface area (Å²) in [6.45, 7) is 4.92. The minimum atomic E-state index is -0.281. The molecule has 0 aliphatic carbocycles. The SMILES string of the molecule is CC(O)C1CCN(C(=O)NCCCOCc2ccco2)CC1. The van der Waals surface area contributed by atoms with E-state index >= 15 is 0 Å². The summed E-state index contributed by atoms with van der Waals surface area (Å²) in [6, 6.07) is 3.69. The monoisotopic (exact) mass is 310 g/mol. The van der Waals surface area contributed by atoms with Crippen LogP contribution in [0.3, 0.4) is 0 Å². The van der Waals surface area contributed by atoms with Crippen LogP contribution >= 0.6 is 0 Å². The molecule has 0 spiro atoms. The molecule has 2 N–H and O–H groups in total. The van der Waals surface area contributed by atoms with Gasteiger partial charge in [0.2, 0.25) is 0 Å². The average Bonchev–Trinajstić information content (AvgIpc) is 3.04. The molecule has 2 rings (SSSR count). The molecular formula is C16H26N2O4. The van der Waals surface area contributed by atoms with E-state index in [2.05, 4.69) is 5.32 Å². The van der Waals surface area contributed by atoms with Gasteiger partial charge in [-0.25, -0.2) is 4.79 Å². The zero-order chi connectivity index (χ0) is 15.8. The van der Waals surface area contributed by atoms with Crippen molar-refractivity contribution in [2.45, 2.75) is 38.9 Å². The van der Waals surface area contributed by atoms with E-state index in [1.807, 2.05) is 24.0 Å². The first kappa shape index (κ1) is 16.8. The largest absolute Gasteiger partial charge is 0.467 e. The number of nitrogens with one attached hydrogen (secondary N) is 1. The van der Waals surface area contributed by atoms with Gasteiger partial charge in [0, 0.05) is 26.2 Å². The maximum absolute atomic E-state index is 12.0. The van der Waals surface area contributed by atoms with Gasteiger partial charge in [0.1, 0.15) is 12.4 Å². The molecule has 1 aromatic heterocycles. The van der Waals surface area contributed by atoms with Gasteiger partial charge >= 0.3 is 6.03 Å². The lowest BCUT2D eigenvalue weighted by Crippen LogP contribution is -2.46. The van der Waals surface area contributed by atoms with E-state index in [1.54, 1.807) is 6.26 Å². The fraction of sp³-hybridized carbons (Fsp3) is 0.688. The zero-order valence-electron chi connectivity index (χ0n) is 13.2. The second-order valence-corrected chi connectivity index (χ2v) is 5.78. The van der Waals surface area contributed by atoms with Crippen LogP contribution in [0.15, 0.2) is 22.8 Å². The molecule has 1 unspecified atom stereocenters. The van der Waals surface area contributed by atoms with Crippen LogP contribution in [0.25, 0.3) is 0 Å². The summed E-state index contributed by atoms with van der Waals surface area (Å²) in [5, 5.41) is 12.5. The first-order chi connectivity index (χ1) is 10.7. The summed E-state index contributed by atoms with van der Waals surface area (Å²) in [5.41, 5.74) is 0. The quantitative estimate of drug-likeness (QED) is 0.755. The topological polar surface area (TPSA) is 74.9 Å². The summed E-state index contributed by atoms with van der Waals surface area (Å²) in [4.78, 5) is 13.8. The van der Waals surface area contributed by atoms with Crippen LogP contribution in [-0.4, -0.2) is 48.4 Å². The van der Waals surface area contributed by atoms with Crippen LogP contribution in [0, 0.1) is 5.92 Å². The zero-order valence-corrected chi connectivity index (χ0v) is 13.2. The summed E-state index contributed by atoms with van der Waals surface area (Å²) in [6.07, 6.45) is 3.86. The van der Waals surface area contributed by atoms with E-state index in [1.165, 1.54) is 0 Å². The fourth-order valence-electron chi connectivity index (χ4n) is 2.63. The summed E-state index contributed by atoms with van der Waals surface area (Å²) < 4.78 is 10.6. The van der Waals surface area contributed by atoms with Crippen molar-refractivity contribution in [2.75, 3.05) is 26.2 Å². The third-order valence-corrected chi connectivity index (χ3v) is 4.08. The van der Waals surface area contributed by atoms with Gasteiger partial charge in [-0.05, 0) is 44.2 Å². The van der Waals surface area contributed by atoms with Gasteiger partial charge in [0.05, 0.1) is 12.4 Å². The predicted molar refractivity (Wildman–Crippen MR) is 82.4 cm³/mol. The van der Waals surface area contributed by atoms with Crippen molar-refractivity contribution < 1.29 is 19.1 Å². The van der Waals surface area contributed by atoms with E-state index in [9.17, 15) is 9.90 Å². The molecule has 22 heavy (non-hydrogen) atoms. The number of hydrogen-bond acceptors (Lipinski definition) is 4. The Balaban J connectivity index is 1.51. The van der Waals surface area contributed by atoms with Crippen LogP contribution < -0.4 is 5.32 Å². The smallest absolute Gasteiger partial charge is 0.317 e. The Kier molecular flexibility index (Phi) is 6.74. The number of urea groups is 1. The number of rotatable bonds is 7. The molecular weight excluding hydrogens is 284 g/mol. The molecule has 1 atom stereocenters. The molecule has 0 aromatic carbocycles. The number of ether oxygens (including phenoxy) is 1. The molecule has 2 heterocycles. The third-order valence-electron chi connectivity index (χ3n) is 4.08. The number of amides is 2. The predicted octanol–water partition coefficient (Wildman–Crippen LogP) is 1.99. The number of aliphatic hydroxyl groups excluding tert-OH is 1. The highest BCUT2D eigenvalue weighted by Crippen LogP contribution is 2.20. The molecule has 0 radical (unpaired) electrons. The Morgan fingerprint density at radius 1 is 1.55 bits per heavy atom. The normalized spacial score (nSPS) is 17.5. The number of aliphatic hydroxyl groups is 1. The second-order valence-electron chi connectivity index (χ2n) is 5.78. The second kappa shape index (κ2) is 8.80. The van der Waals surface area contributed by atoms with Crippen LogP contribution in [0.1, 0.15) is 31.9 Å². The molecule has 2 amide bonds. The van der Waals surface area contributed by atoms with Gasteiger partial charge in [-0.1, -0.05) is 0 Å². The molecule has 6 nitrogen and oxygen atoms in total. The number of carbonyl (C=O) groups excluding carboxylic acids is 1. The number of furan rings is 1. The summed E-state index contributed by atoms with van der Waals surface area (Å²) in [7, 11) is 0. The molecule has 0 bridgehead atoms. The van der Waals surface area contributed by atoms with E-state index in [-0.39, 0.29) is 12.1 Å². The number of carbonyl (C=O) groups is 1. The maximum atomic E-state index is 12.0. The molecule has 1 aliphatic heterocycles. The molecule has 124 valence electrons. The van der Waals surface area contributed by atoms with Gasteiger partial charge in [-0.15, -0.1) is 0 Å². The average molecular weight is 310 g/mol. The fourth-order valence-corrected chi connectivity index (χ4v) is 2.63. The van der Waals surface area contributed by atoms with Crippen LogP contribution in [-0.2, 0) is 11.3 Å². The maximum Gasteiger partial charge on any atom is 0.317 e. The van der Waals surface area contributed by atoms with Gasteiger partial charge in [0.15, 0.2) is 0 Å². The van der Waals surface area contributed by atoms with Crippen LogP contribution in [0.4, 0.5) is 4.79 Å². The molecule has 0 saturated carbocycles. The minimum absolute atomic E-state index is 0.0184. The number of hydrogen-bond donors (Lipinski definition) is 2. The van der Waals surface area contributed by atoms with Gasteiger partial charge in [-0.2, -0.15) is 0 Å². The number of likely N-dealkylation sites (tertiary alicyclic amines) is 1. The van der Waals surface area contributed by atoms with E-state index < -0.39 is 0 Å². The summed E-state index contributed by atoms with van der Waals surface area (Å²) in [5.74, 6) is 1.13. The highest BCUT2D eigenvalue weighted by atomic mass is 16.5. The lowest BCUT2D eigenvalue weighted by Gasteiger charge is -2.33. The Morgan fingerprint density at radius 3 is 2.95 bits per heavy atom. The van der Waals surface area contributed by atoms with E-state index in [0.29, 0.717) is 25.7 Å². The first-order valence-electron chi connectivity index (χ1n) is 7.98. The number of nitrogens with zero attached hydrogens (tertiary/aromatic N) is 1. The standard InChI is InChI=1S/C16H26N2O4/c1-13(19)14-5-8-18(9-6-14)16(20)17-7-3-10-21-12-15-4-2-11-22-15/h2,4,11,13-14,19H,3,5-10,12H2,1H3,(H,17,20). The van der Waals surface area contributed by atoms with Gasteiger partial charge in [0.25, 0.3) is 0 Å². The summed E-state index contributed by atoms with van der Waals surface area (Å²) >= 11 is 0.